The fourth-order valence-electron chi connectivity index (χ4n) is 2.67. The minimum atomic E-state index is 0. The Morgan fingerprint density at radius 1 is 1.19 bits per heavy atom. The number of hydrogen-bond acceptors (Lipinski definition) is 4. The summed E-state index contributed by atoms with van der Waals surface area (Å²) in [6, 6.07) is 15.7. The van der Waals surface area contributed by atoms with E-state index in [0.717, 1.165) is 23.8 Å². The van der Waals surface area contributed by atoms with E-state index in [4.69, 9.17) is 4.74 Å². The van der Waals surface area contributed by atoms with Crippen LogP contribution < -0.4 is 15.4 Å². The quantitative estimate of drug-likeness (QED) is 0.305. The molecule has 3 N–H and O–H groups in total. The number of ether oxygens (including phenoxy) is 1. The molecule has 0 atom stereocenters. The lowest BCUT2D eigenvalue weighted by molar-refractivity contribution is 0.410. The summed E-state index contributed by atoms with van der Waals surface area (Å²) in [6.07, 6.45) is 2.40. The van der Waals surface area contributed by atoms with Crippen LogP contribution in [0.5, 0.6) is 11.5 Å². The number of aliphatic imine (C=N–C) groups is 1. The van der Waals surface area contributed by atoms with Crippen molar-refractivity contribution in [2.75, 3.05) is 20.7 Å². The lowest BCUT2D eigenvalue weighted by Gasteiger charge is -2.18. The van der Waals surface area contributed by atoms with Crippen LogP contribution in [0.3, 0.4) is 0 Å². The molecule has 0 unspecified atom stereocenters. The van der Waals surface area contributed by atoms with Crippen molar-refractivity contribution in [3.63, 3.8) is 0 Å². The van der Waals surface area contributed by atoms with Crippen LogP contribution in [0.4, 0.5) is 0 Å². The minimum Gasteiger partial charge on any atom is -0.508 e. The number of benzene rings is 2. The molecule has 0 amide bonds. The van der Waals surface area contributed by atoms with E-state index in [-0.39, 0.29) is 34.5 Å². The zero-order valence-electron chi connectivity index (χ0n) is 15.6. The minimum absolute atomic E-state index is 0. The number of hydrogen-bond donors (Lipinski definition) is 3. The Kier molecular flexibility index (Phi) is 8.09. The van der Waals surface area contributed by atoms with Gasteiger partial charge in [-0.1, -0.05) is 18.2 Å². The van der Waals surface area contributed by atoms with Gasteiger partial charge >= 0.3 is 0 Å². The predicted molar refractivity (Wildman–Crippen MR) is 123 cm³/mol. The summed E-state index contributed by atoms with van der Waals surface area (Å²) >= 11 is 1.93. The molecule has 0 aromatic heterocycles. The van der Waals surface area contributed by atoms with Gasteiger partial charge in [0, 0.05) is 35.3 Å². The lowest BCUT2D eigenvalue weighted by atomic mass is 10.2. The van der Waals surface area contributed by atoms with E-state index in [1.165, 1.54) is 17.7 Å². The summed E-state index contributed by atoms with van der Waals surface area (Å²) in [4.78, 5) is 5.59. The molecule has 0 radical (unpaired) electrons. The Balaban J connectivity index is 0.00000261. The fraction of sp³-hybridized carbons (Fsp3) is 0.350. The molecule has 5 nitrogen and oxygen atoms in total. The number of phenolic OH excluding ortho intramolecular Hbond substituents is 1. The van der Waals surface area contributed by atoms with Crippen LogP contribution in [0, 0.1) is 0 Å². The van der Waals surface area contributed by atoms with E-state index < -0.39 is 0 Å². The van der Waals surface area contributed by atoms with E-state index in [1.54, 1.807) is 26.3 Å². The normalized spacial score (nSPS) is 14.8. The van der Waals surface area contributed by atoms with Gasteiger partial charge in [0.25, 0.3) is 0 Å². The molecule has 1 fully saturated rings. The molecule has 2 aromatic rings. The Labute approximate surface area is 182 Å². The van der Waals surface area contributed by atoms with Gasteiger partial charge in [-0.15, -0.1) is 35.7 Å². The largest absolute Gasteiger partial charge is 0.508 e. The topological polar surface area (TPSA) is 65.9 Å². The molecule has 27 heavy (non-hydrogen) atoms. The molecule has 0 bridgehead atoms. The Bertz CT molecular complexity index is 767. The number of phenols is 1. The van der Waals surface area contributed by atoms with Gasteiger partial charge in [0.05, 0.1) is 7.11 Å². The number of methoxy groups -OCH3 is 1. The summed E-state index contributed by atoms with van der Waals surface area (Å²) in [5, 5.41) is 16.7. The number of aromatic hydroxyl groups is 1. The highest BCUT2D eigenvalue weighted by Crippen LogP contribution is 2.51. The third kappa shape index (κ3) is 6.21. The van der Waals surface area contributed by atoms with Crippen LogP contribution in [0.15, 0.2) is 58.4 Å². The standard InChI is InChI=1S/C20H25N3O2S.HI/c1-21-19(22-13-15-12-16(25-2)8-9-18(15)24)23-14-20(10-11-20)26-17-6-4-3-5-7-17;/h3-9,12,24H,10-11,13-14H2,1-2H3,(H2,21,22,23);1H. The van der Waals surface area contributed by atoms with E-state index in [2.05, 4.69) is 39.9 Å². The molecule has 3 rings (SSSR count). The summed E-state index contributed by atoms with van der Waals surface area (Å²) in [6.45, 7) is 1.33. The maximum absolute atomic E-state index is 9.99. The van der Waals surface area contributed by atoms with Gasteiger partial charge < -0.3 is 20.5 Å². The monoisotopic (exact) mass is 499 g/mol. The van der Waals surface area contributed by atoms with Crippen molar-refractivity contribution >= 4 is 41.7 Å². The summed E-state index contributed by atoms with van der Waals surface area (Å²) < 4.78 is 5.46. The van der Waals surface area contributed by atoms with Crippen molar-refractivity contribution in [1.82, 2.24) is 10.6 Å². The number of nitrogens with one attached hydrogen (secondary N) is 2. The van der Waals surface area contributed by atoms with Gasteiger partial charge in [0.2, 0.25) is 0 Å². The fourth-order valence-corrected chi connectivity index (χ4v) is 3.91. The van der Waals surface area contributed by atoms with Crippen LogP contribution in [0.25, 0.3) is 0 Å². The summed E-state index contributed by atoms with van der Waals surface area (Å²) in [7, 11) is 3.37. The molecule has 2 aromatic carbocycles. The first-order valence-electron chi connectivity index (χ1n) is 8.69. The molecule has 0 spiro atoms. The van der Waals surface area contributed by atoms with Crippen molar-refractivity contribution in [3.8, 4) is 11.5 Å². The van der Waals surface area contributed by atoms with E-state index in [0.29, 0.717) is 6.54 Å². The molecule has 1 aliphatic rings. The number of thioether (sulfide) groups is 1. The van der Waals surface area contributed by atoms with Crippen molar-refractivity contribution in [2.45, 2.75) is 29.0 Å². The maximum Gasteiger partial charge on any atom is 0.191 e. The first-order valence-corrected chi connectivity index (χ1v) is 9.50. The number of guanidine groups is 1. The van der Waals surface area contributed by atoms with E-state index in [9.17, 15) is 5.11 Å². The van der Waals surface area contributed by atoms with Gasteiger partial charge in [-0.3, -0.25) is 4.99 Å². The number of rotatable bonds is 7. The SMILES string of the molecule is CN=C(NCc1cc(OC)ccc1O)NCC1(Sc2ccccc2)CC1.I. The zero-order chi connectivity index (χ0) is 18.4. The van der Waals surface area contributed by atoms with Crippen LogP contribution in [0.2, 0.25) is 0 Å². The predicted octanol–water partition coefficient (Wildman–Crippen LogP) is 4.01. The Morgan fingerprint density at radius 2 is 1.93 bits per heavy atom. The van der Waals surface area contributed by atoms with Crippen molar-refractivity contribution in [1.29, 1.82) is 0 Å². The molecule has 7 heteroatoms. The van der Waals surface area contributed by atoms with Gasteiger partial charge in [0.15, 0.2) is 5.96 Å². The second-order valence-electron chi connectivity index (χ2n) is 6.37. The highest BCUT2D eigenvalue weighted by atomic mass is 127. The lowest BCUT2D eigenvalue weighted by Crippen LogP contribution is -2.40. The number of nitrogens with zero attached hydrogens (tertiary/aromatic N) is 1. The van der Waals surface area contributed by atoms with E-state index in [1.807, 2.05) is 23.9 Å². The average Bonchev–Trinajstić information content (AvgIpc) is 3.43. The molecule has 0 heterocycles. The van der Waals surface area contributed by atoms with Crippen molar-refractivity contribution < 1.29 is 9.84 Å². The van der Waals surface area contributed by atoms with Crippen LogP contribution in [0.1, 0.15) is 18.4 Å². The first kappa shape index (κ1) is 21.7. The van der Waals surface area contributed by atoms with E-state index >= 15 is 0 Å². The Hall–Kier alpha value is -1.61. The Morgan fingerprint density at radius 3 is 2.56 bits per heavy atom. The summed E-state index contributed by atoms with van der Waals surface area (Å²) in [5.41, 5.74) is 0.770. The number of halogens is 1. The van der Waals surface area contributed by atoms with Gasteiger partial charge in [-0.05, 0) is 43.2 Å². The third-order valence-electron chi connectivity index (χ3n) is 4.42. The second-order valence-corrected chi connectivity index (χ2v) is 7.91. The molecule has 1 aliphatic carbocycles. The maximum atomic E-state index is 9.99. The van der Waals surface area contributed by atoms with Crippen molar-refractivity contribution in [2.24, 2.45) is 4.99 Å². The van der Waals surface area contributed by atoms with Crippen LogP contribution in [-0.2, 0) is 6.54 Å². The highest BCUT2D eigenvalue weighted by Gasteiger charge is 2.43. The van der Waals surface area contributed by atoms with Crippen LogP contribution in [-0.4, -0.2) is 36.5 Å². The van der Waals surface area contributed by atoms with Gasteiger partial charge in [0.1, 0.15) is 11.5 Å². The molecule has 146 valence electrons. The first-order chi connectivity index (χ1) is 12.6. The van der Waals surface area contributed by atoms with Gasteiger partial charge in [-0.25, -0.2) is 0 Å². The second kappa shape index (κ2) is 10.1. The average molecular weight is 499 g/mol. The summed E-state index contributed by atoms with van der Waals surface area (Å²) in [5.74, 6) is 1.69. The molecule has 0 aliphatic heterocycles. The van der Waals surface area contributed by atoms with Crippen LogP contribution >= 0.6 is 35.7 Å². The molecule has 0 saturated heterocycles. The molecular formula is C20H26IN3O2S. The van der Waals surface area contributed by atoms with Crippen molar-refractivity contribution in [3.05, 3.63) is 54.1 Å². The smallest absolute Gasteiger partial charge is 0.191 e. The highest BCUT2D eigenvalue weighted by molar-refractivity contribution is 14.0. The zero-order valence-corrected chi connectivity index (χ0v) is 18.7. The molecule has 1 saturated carbocycles. The third-order valence-corrected chi connectivity index (χ3v) is 5.91. The van der Waals surface area contributed by atoms with Gasteiger partial charge in [-0.2, -0.15) is 0 Å². The molecular weight excluding hydrogens is 473 g/mol.